The summed E-state index contributed by atoms with van der Waals surface area (Å²) in [7, 11) is 0. The third kappa shape index (κ3) is 2.72. The minimum Gasteiger partial charge on any atom is -0.360 e. The number of hydrogen-bond donors (Lipinski definition) is 2. The van der Waals surface area contributed by atoms with Crippen LogP contribution in [-0.4, -0.2) is 25.5 Å². The normalized spacial score (nSPS) is 12.4. The van der Waals surface area contributed by atoms with E-state index in [0.29, 0.717) is 27.4 Å². The highest BCUT2D eigenvalue weighted by Crippen LogP contribution is 2.16. The maximum absolute atomic E-state index is 12.6. The molecule has 0 fully saturated rings. The summed E-state index contributed by atoms with van der Waals surface area (Å²) in [4.78, 5) is 28.2. The second-order valence-electron chi connectivity index (χ2n) is 5.90. The Morgan fingerprint density at radius 2 is 2.12 bits per heavy atom. The van der Waals surface area contributed by atoms with Gasteiger partial charge in [-0.1, -0.05) is 17.7 Å². The zero-order valence-electron chi connectivity index (χ0n) is 13.7. The average molecular weight is 368 g/mol. The van der Waals surface area contributed by atoms with Gasteiger partial charge in [0.05, 0.1) is 6.04 Å². The number of benzene rings is 1. The lowest BCUT2D eigenvalue weighted by Gasteiger charge is -2.12. The van der Waals surface area contributed by atoms with E-state index in [1.807, 2.05) is 24.4 Å². The molecule has 4 aromatic rings. The zero-order valence-corrected chi connectivity index (χ0v) is 14.5. The number of halogens is 1. The lowest BCUT2D eigenvalue weighted by atomic mass is 10.1. The van der Waals surface area contributed by atoms with Crippen LogP contribution in [0.25, 0.3) is 16.6 Å². The standard InChI is InChI=1S/C18H14ClN5O2/c1-10(17-23-22-15-4-2-3-7-24(15)17)21-18(26)13-9-20-14-6-5-11(19)8-12(14)16(13)25/h2-10H,1H3,(H,20,25)(H,21,26)/t10-/m1/s1. The van der Waals surface area contributed by atoms with Crippen LogP contribution in [0, 0.1) is 0 Å². The van der Waals surface area contributed by atoms with Crippen LogP contribution in [0.15, 0.2) is 53.6 Å². The number of carbonyl (C=O) groups is 1. The molecule has 130 valence electrons. The minimum absolute atomic E-state index is 0.0143. The Morgan fingerprint density at radius 3 is 2.96 bits per heavy atom. The first-order valence-electron chi connectivity index (χ1n) is 7.96. The van der Waals surface area contributed by atoms with E-state index in [9.17, 15) is 9.59 Å². The number of pyridine rings is 2. The van der Waals surface area contributed by atoms with Gasteiger partial charge in [-0.05, 0) is 37.3 Å². The summed E-state index contributed by atoms with van der Waals surface area (Å²) >= 11 is 5.96. The summed E-state index contributed by atoms with van der Waals surface area (Å²) in [5.41, 5.74) is 0.937. The molecule has 3 heterocycles. The Balaban J connectivity index is 1.67. The molecule has 1 atom stereocenters. The van der Waals surface area contributed by atoms with Gasteiger partial charge in [0.1, 0.15) is 5.56 Å². The molecule has 0 aliphatic carbocycles. The molecule has 7 nitrogen and oxygen atoms in total. The van der Waals surface area contributed by atoms with Crippen LogP contribution in [0.5, 0.6) is 0 Å². The van der Waals surface area contributed by atoms with E-state index in [0.717, 1.165) is 0 Å². The lowest BCUT2D eigenvalue weighted by molar-refractivity contribution is 0.0937. The van der Waals surface area contributed by atoms with Crippen LogP contribution < -0.4 is 10.7 Å². The van der Waals surface area contributed by atoms with Gasteiger partial charge in [0, 0.05) is 28.3 Å². The highest BCUT2D eigenvalue weighted by Gasteiger charge is 2.19. The molecule has 0 radical (unpaired) electrons. The van der Waals surface area contributed by atoms with Gasteiger partial charge in [0.15, 0.2) is 11.5 Å². The van der Waals surface area contributed by atoms with E-state index in [-0.39, 0.29) is 11.0 Å². The largest absolute Gasteiger partial charge is 0.360 e. The van der Waals surface area contributed by atoms with E-state index >= 15 is 0 Å². The average Bonchev–Trinajstić information content (AvgIpc) is 3.06. The number of fused-ring (bicyclic) bond motifs is 2. The first-order chi connectivity index (χ1) is 12.5. The molecular formula is C18H14ClN5O2. The summed E-state index contributed by atoms with van der Waals surface area (Å²) in [6, 6.07) is 10.0. The van der Waals surface area contributed by atoms with Crippen LogP contribution in [0.1, 0.15) is 29.1 Å². The van der Waals surface area contributed by atoms with Crippen LogP contribution in [0.2, 0.25) is 5.02 Å². The van der Waals surface area contributed by atoms with E-state index in [4.69, 9.17) is 11.6 Å². The van der Waals surface area contributed by atoms with Gasteiger partial charge in [-0.15, -0.1) is 10.2 Å². The fourth-order valence-electron chi connectivity index (χ4n) is 2.85. The SMILES string of the molecule is C[C@@H](NC(=O)c1c[nH]c2ccc(Cl)cc2c1=O)c1nnc2ccccn12. The third-order valence-corrected chi connectivity index (χ3v) is 4.40. The molecule has 0 bridgehead atoms. The number of hydrogen-bond acceptors (Lipinski definition) is 4. The second kappa shape index (κ2) is 6.27. The van der Waals surface area contributed by atoms with Crippen molar-refractivity contribution in [3.05, 3.63) is 75.4 Å². The molecule has 8 heteroatoms. The third-order valence-electron chi connectivity index (χ3n) is 4.16. The molecule has 0 spiro atoms. The Hall–Kier alpha value is -3.19. The maximum Gasteiger partial charge on any atom is 0.257 e. The molecule has 1 amide bonds. The summed E-state index contributed by atoms with van der Waals surface area (Å²) in [5, 5.41) is 11.8. The summed E-state index contributed by atoms with van der Waals surface area (Å²) in [6.07, 6.45) is 3.22. The van der Waals surface area contributed by atoms with Crippen molar-refractivity contribution in [2.75, 3.05) is 0 Å². The highest BCUT2D eigenvalue weighted by molar-refractivity contribution is 6.31. The van der Waals surface area contributed by atoms with Crippen LogP contribution in [0.3, 0.4) is 0 Å². The molecule has 0 saturated carbocycles. The monoisotopic (exact) mass is 367 g/mol. The molecule has 0 aliphatic rings. The van der Waals surface area contributed by atoms with Gasteiger partial charge in [-0.2, -0.15) is 0 Å². The Bertz CT molecular complexity index is 1200. The number of carbonyl (C=O) groups excluding carboxylic acids is 1. The lowest BCUT2D eigenvalue weighted by Crippen LogP contribution is -2.32. The molecule has 1 aromatic carbocycles. The molecule has 2 N–H and O–H groups in total. The number of aromatic amines is 1. The van der Waals surface area contributed by atoms with Crippen molar-refractivity contribution in [1.29, 1.82) is 0 Å². The molecule has 4 rings (SSSR count). The van der Waals surface area contributed by atoms with Crippen molar-refractivity contribution in [1.82, 2.24) is 24.9 Å². The minimum atomic E-state index is -0.492. The molecular weight excluding hydrogens is 354 g/mol. The fraction of sp³-hybridized carbons (Fsp3) is 0.111. The van der Waals surface area contributed by atoms with Gasteiger partial charge in [-0.3, -0.25) is 14.0 Å². The van der Waals surface area contributed by atoms with E-state index in [2.05, 4.69) is 20.5 Å². The number of aromatic nitrogens is 4. The Morgan fingerprint density at radius 1 is 1.27 bits per heavy atom. The maximum atomic E-state index is 12.6. The predicted octanol–water partition coefficient (Wildman–Crippen LogP) is 2.72. The Labute approximate surface area is 152 Å². The molecule has 3 aromatic heterocycles. The zero-order chi connectivity index (χ0) is 18.3. The number of amides is 1. The van der Waals surface area contributed by atoms with Crippen LogP contribution >= 0.6 is 11.6 Å². The summed E-state index contributed by atoms with van der Waals surface area (Å²) in [5.74, 6) is 0.0857. The van der Waals surface area contributed by atoms with Crippen LogP contribution in [0.4, 0.5) is 0 Å². The summed E-state index contributed by atoms with van der Waals surface area (Å²) in [6.45, 7) is 1.79. The van der Waals surface area contributed by atoms with Crippen molar-refractivity contribution < 1.29 is 4.79 Å². The summed E-state index contributed by atoms with van der Waals surface area (Å²) < 4.78 is 1.79. The molecule has 26 heavy (non-hydrogen) atoms. The van der Waals surface area contributed by atoms with Gasteiger partial charge >= 0.3 is 0 Å². The molecule has 0 aliphatic heterocycles. The Kier molecular flexibility index (Phi) is 3.93. The molecule has 0 unspecified atom stereocenters. The number of nitrogens with zero attached hydrogens (tertiary/aromatic N) is 3. The predicted molar refractivity (Wildman–Crippen MR) is 98.4 cm³/mol. The first-order valence-corrected chi connectivity index (χ1v) is 8.34. The molecule has 0 saturated heterocycles. The topological polar surface area (TPSA) is 92.1 Å². The van der Waals surface area contributed by atoms with E-state index < -0.39 is 11.9 Å². The smallest absolute Gasteiger partial charge is 0.257 e. The van der Waals surface area contributed by atoms with E-state index in [1.54, 1.807) is 29.5 Å². The van der Waals surface area contributed by atoms with Crippen LogP contribution in [-0.2, 0) is 0 Å². The van der Waals surface area contributed by atoms with Crippen molar-refractivity contribution in [3.63, 3.8) is 0 Å². The van der Waals surface area contributed by atoms with Gasteiger partial charge < -0.3 is 10.3 Å². The highest BCUT2D eigenvalue weighted by atomic mass is 35.5. The first kappa shape index (κ1) is 16.3. The van der Waals surface area contributed by atoms with E-state index in [1.165, 1.54) is 6.20 Å². The van der Waals surface area contributed by atoms with Crippen molar-refractivity contribution in [3.8, 4) is 0 Å². The quantitative estimate of drug-likeness (QED) is 0.582. The van der Waals surface area contributed by atoms with Gasteiger partial charge in [0.2, 0.25) is 5.43 Å². The fourth-order valence-corrected chi connectivity index (χ4v) is 3.03. The number of nitrogens with one attached hydrogen (secondary N) is 2. The van der Waals surface area contributed by atoms with Gasteiger partial charge in [0.25, 0.3) is 5.91 Å². The number of H-pyrrole nitrogens is 1. The van der Waals surface area contributed by atoms with Crippen molar-refractivity contribution in [2.24, 2.45) is 0 Å². The number of rotatable bonds is 3. The van der Waals surface area contributed by atoms with Gasteiger partial charge in [-0.25, -0.2) is 0 Å². The van der Waals surface area contributed by atoms with Crippen molar-refractivity contribution >= 4 is 34.1 Å². The van der Waals surface area contributed by atoms with Crippen molar-refractivity contribution in [2.45, 2.75) is 13.0 Å². The second-order valence-corrected chi connectivity index (χ2v) is 6.34.